The quantitative estimate of drug-likeness (QED) is 0.642. The molecule has 1 saturated heterocycles. The van der Waals surface area contributed by atoms with Crippen molar-refractivity contribution in [2.75, 3.05) is 23.2 Å². The zero-order valence-corrected chi connectivity index (χ0v) is 17.4. The second-order valence-corrected chi connectivity index (χ2v) is 8.49. The molecule has 1 heterocycles. The van der Waals surface area contributed by atoms with Gasteiger partial charge in [-0.3, -0.25) is 5.01 Å². The first-order valence-electron chi connectivity index (χ1n) is 10.1. The third-order valence-corrected chi connectivity index (χ3v) is 5.24. The molecule has 1 fully saturated rings. The normalized spacial score (nSPS) is 14.3. The molecule has 150 valence electrons. The van der Waals surface area contributed by atoms with Crippen LogP contribution in [0.5, 0.6) is 5.75 Å². The largest absolute Gasteiger partial charge is 0.489 e. The monoisotopic (exact) mass is 387 g/mol. The summed E-state index contributed by atoms with van der Waals surface area (Å²) in [6.45, 7) is 8.91. The molecule has 4 nitrogen and oxygen atoms in total. The van der Waals surface area contributed by atoms with Crippen molar-refractivity contribution in [3.05, 3.63) is 90.0 Å². The van der Waals surface area contributed by atoms with E-state index in [1.165, 1.54) is 22.5 Å². The predicted molar refractivity (Wildman–Crippen MR) is 120 cm³/mol. The van der Waals surface area contributed by atoms with E-state index in [4.69, 9.17) is 4.74 Å². The van der Waals surface area contributed by atoms with Crippen LogP contribution in [0.25, 0.3) is 0 Å². The number of hydrazine groups is 1. The Bertz CT molecular complexity index is 932. The van der Waals surface area contributed by atoms with Gasteiger partial charge in [-0.05, 0) is 52.9 Å². The van der Waals surface area contributed by atoms with Crippen LogP contribution in [0.15, 0.2) is 78.9 Å². The molecule has 0 spiro atoms. The fraction of sp³-hybridized carbons (Fsp3) is 0.280. The summed E-state index contributed by atoms with van der Waals surface area (Å²) < 4.78 is 5.90. The van der Waals surface area contributed by atoms with E-state index in [0.717, 1.165) is 19.1 Å². The average molecular weight is 388 g/mol. The van der Waals surface area contributed by atoms with E-state index in [-0.39, 0.29) is 5.41 Å². The summed E-state index contributed by atoms with van der Waals surface area (Å²) in [6, 6.07) is 27.3. The molecule has 0 aromatic heterocycles. The van der Waals surface area contributed by atoms with Crippen LogP contribution in [0.3, 0.4) is 0 Å². The van der Waals surface area contributed by atoms with Gasteiger partial charge in [0, 0.05) is 5.69 Å². The third kappa shape index (κ3) is 4.72. The maximum absolute atomic E-state index is 5.90. The molecular weight excluding hydrogens is 358 g/mol. The number of anilines is 2. The molecule has 1 aliphatic rings. The number of ether oxygens (including phenoxy) is 1. The molecule has 4 rings (SSSR count). The van der Waals surface area contributed by atoms with Crippen molar-refractivity contribution in [1.29, 1.82) is 0 Å². The van der Waals surface area contributed by atoms with Crippen LogP contribution in [0.1, 0.15) is 31.9 Å². The topological polar surface area (TPSA) is 27.7 Å². The van der Waals surface area contributed by atoms with Gasteiger partial charge in [-0.25, -0.2) is 5.43 Å². The van der Waals surface area contributed by atoms with E-state index in [1.807, 2.05) is 30.3 Å². The highest BCUT2D eigenvalue weighted by Gasteiger charge is 2.22. The zero-order valence-electron chi connectivity index (χ0n) is 17.4. The van der Waals surface area contributed by atoms with Gasteiger partial charge in [-0.15, -0.1) is 0 Å². The minimum absolute atomic E-state index is 0.144. The van der Waals surface area contributed by atoms with Crippen molar-refractivity contribution in [3.8, 4) is 5.75 Å². The SMILES string of the molecule is CC(C)(C)c1cccc(N2CN(c3ccc(OCc4ccccc4)cc3)CN2)c1. The van der Waals surface area contributed by atoms with Gasteiger partial charge < -0.3 is 9.64 Å². The molecule has 1 aliphatic heterocycles. The Morgan fingerprint density at radius 3 is 2.34 bits per heavy atom. The molecule has 0 radical (unpaired) electrons. The van der Waals surface area contributed by atoms with Crippen molar-refractivity contribution < 1.29 is 4.74 Å². The van der Waals surface area contributed by atoms with Crippen molar-refractivity contribution in [1.82, 2.24) is 5.43 Å². The van der Waals surface area contributed by atoms with Gasteiger partial charge in [0.25, 0.3) is 0 Å². The van der Waals surface area contributed by atoms with Crippen molar-refractivity contribution in [3.63, 3.8) is 0 Å². The van der Waals surface area contributed by atoms with E-state index in [9.17, 15) is 0 Å². The molecule has 0 aliphatic carbocycles. The number of benzene rings is 3. The molecule has 4 heteroatoms. The van der Waals surface area contributed by atoms with E-state index in [1.54, 1.807) is 0 Å². The smallest absolute Gasteiger partial charge is 0.119 e. The molecule has 29 heavy (non-hydrogen) atoms. The van der Waals surface area contributed by atoms with Crippen LogP contribution in [-0.4, -0.2) is 13.3 Å². The lowest BCUT2D eigenvalue weighted by Gasteiger charge is -2.24. The highest BCUT2D eigenvalue weighted by molar-refractivity contribution is 5.55. The minimum atomic E-state index is 0.144. The Hall–Kier alpha value is -2.98. The lowest BCUT2D eigenvalue weighted by Crippen LogP contribution is -2.31. The first-order valence-corrected chi connectivity index (χ1v) is 10.1. The van der Waals surface area contributed by atoms with Gasteiger partial charge in [0.05, 0.1) is 12.4 Å². The molecular formula is C25H29N3O. The summed E-state index contributed by atoms with van der Waals surface area (Å²) in [5.74, 6) is 0.888. The minimum Gasteiger partial charge on any atom is -0.489 e. The van der Waals surface area contributed by atoms with Crippen molar-refractivity contribution >= 4 is 11.4 Å². The highest BCUT2D eigenvalue weighted by atomic mass is 16.5. The van der Waals surface area contributed by atoms with Crippen LogP contribution < -0.4 is 20.1 Å². The molecule has 1 N–H and O–H groups in total. The maximum Gasteiger partial charge on any atom is 0.119 e. The molecule has 3 aromatic carbocycles. The van der Waals surface area contributed by atoms with Gasteiger partial charge in [0.1, 0.15) is 19.0 Å². The van der Waals surface area contributed by atoms with E-state index < -0.39 is 0 Å². The van der Waals surface area contributed by atoms with Crippen LogP contribution in [0.4, 0.5) is 11.4 Å². The summed E-state index contributed by atoms with van der Waals surface area (Å²) in [7, 11) is 0. The van der Waals surface area contributed by atoms with Crippen molar-refractivity contribution in [2.45, 2.75) is 32.8 Å². The maximum atomic E-state index is 5.90. The second kappa shape index (κ2) is 8.18. The van der Waals surface area contributed by atoms with Crippen LogP contribution in [-0.2, 0) is 12.0 Å². The lowest BCUT2D eigenvalue weighted by molar-refractivity contribution is 0.306. The number of rotatable bonds is 5. The molecule has 0 amide bonds. The number of nitrogens with zero attached hydrogens (tertiary/aromatic N) is 2. The number of hydrogen-bond donors (Lipinski definition) is 1. The summed E-state index contributed by atoms with van der Waals surface area (Å²) >= 11 is 0. The fourth-order valence-corrected chi connectivity index (χ4v) is 3.42. The fourth-order valence-electron chi connectivity index (χ4n) is 3.42. The Morgan fingerprint density at radius 2 is 1.62 bits per heavy atom. The van der Waals surface area contributed by atoms with Crippen LogP contribution in [0.2, 0.25) is 0 Å². The zero-order chi connectivity index (χ0) is 20.3. The molecule has 0 bridgehead atoms. The lowest BCUT2D eigenvalue weighted by atomic mass is 9.87. The van der Waals surface area contributed by atoms with Gasteiger partial charge in [-0.2, -0.15) is 0 Å². The summed E-state index contributed by atoms with van der Waals surface area (Å²) in [6.07, 6.45) is 0. The molecule has 0 atom stereocenters. The Morgan fingerprint density at radius 1 is 0.862 bits per heavy atom. The summed E-state index contributed by atoms with van der Waals surface area (Å²) in [5.41, 5.74) is 8.53. The summed E-state index contributed by atoms with van der Waals surface area (Å²) in [5, 5.41) is 2.20. The first kappa shape index (κ1) is 19.3. The second-order valence-electron chi connectivity index (χ2n) is 8.49. The average Bonchev–Trinajstić information content (AvgIpc) is 3.23. The van der Waals surface area contributed by atoms with Crippen LogP contribution >= 0.6 is 0 Å². The third-order valence-electron chi connectivity index (χ3n) is 5.24. The number of hydrogen-bond acceptors (Lipinski definition) is 4. The van der Waals surface area contributed by atoms with Gasteiger partial charge in [0.2, 0.25) is 0 Å². The Kier molecular flexibility index (Phi) is 5.45. The van der Waals surface area contributed by atoms with E-state index in [2.05, 4.69) is 84.6 Å². The number of nitrogens with one attached hydrogen (secondary N) is 1. The van der Waals surface area contributed by atoms with Gasteiger partial charge in [-0.1, -0.05) is 63.2 Å². The molecule has 0 saturated carbocycles. The first-order chi connectivity index (χ1) is 14.0. The standard InChI is InChI=1S/C25H29N3O/c1-25(2,3)21-10-7-11-23(16-21)28-19-27(18-26-28)22-12-14-24(15-13-22)29-17-20-8-5-4-6-9-20/h4-16,26H,17-19H2,1-3H3. The highest BCUT2D eigenvalue weighted by Crippen LogP contribution is 2.28. The van der Waals surface area contributed by atoms with E-state index >= 15 is 0 Å². The van der Waals surface area contributed by atoms with Crippen molar-refractivity contribution in [2.24, 2.45) is 0 Å². The van der Waals surface area contributed by atoms with E-state index in [0.29, 0.717) is 6.61 Å². The predicted octanol–water partition coefficient (Wildman–Crippen LogP) is 5.31. The summed E-state index contributed by atoms with van der Waals surface area (Å²) in [4.78, 5) is 2.31. The Balaban J connectivity index is 1.38. The van der Waals surface area contributed by atoms with Gasteiger partial charge >= 0.3 is 0 Å². The molecule has 3 aromatic rings. The van der Waals surface area contributed by atoms with Gasteiger partial charge in [0.15, 0.2) is 0 Å². The van der Waals surface area contributed by atoms with Crippen LogP contribution in [0, 0.1) is 0 Å². The Labute approximate surface area is 173 Å². The molecule has 0 unspecified atom stereocenters.